The maximum Gasteiger partial charge on any atom is 0.290 e. The standard InChI is InChI=1S/C30H37N3O4S/c1-22(2)23-7-9-24(10-8-23)37-21-26-25-12-19-38-28(25)11-15-33(26)29(34)20-32(17-16-31-13-3-4-14-31)30(35)27-6-5-18-36-27/h5-10,12,18-19,22,26H,3-4,11,13-17,20-21H2,1-2H3. The van der Waals surface area contributed by atoms with E-state index in [0.717, 1.165) is 37.4 Å². The molecule has 2 aromatic heterocycles. The molecule has 0 bridgehead atoms. The van der Waals surface area contributed by atoms with E-state index >= 15 is 0 Å². The molecule has 0 saturated carbocycles. The zero-order valence-electron chi connectivity index (χ0n) is 22.3. The second-order valence-corrected chi connectivity index (χ2v) is 11.4. The molecular formula is C30H37N3O4S. The molecule has 1 atom stereocenters. The molecule has 2 amide bonds. The maximum atomic E-state index is 13.8. The van der Waals surface area contributed by atoms with E-state index < -0.39 is 0 Å². The fourth-order valence-corrected chi connectivity index (χ4v) is 6.26. The number of carbonyl (C=O) groups is 2. The minimum absolute atomic E-state index is 0.0203. The van der Waals surface area contributed by atoms with Crippen LogP contribution in [-0.2, 0) is 11.2 Å². The van der Waals surface area contributed by atoms with Crippen molar-refractivity contribution in [1.82, 2.24) is 14.7 Å². The Hall–Kier alpha value is -3.10. The molecule has 5 rings (SSSR count). The van der Waals surface area contributed by atoms with Gasteiger partial charge in [0.25, 0.3) is 5.91 Å². The van der Waals surface area contributed by atoms with Crippen LogP contribution in [0, 0.1) is 0 Å². The van der Waals surface area contributed by atoms with Crippen molar-refractivity contribution >= 4 is 23.2 Å². The monoisotopic (exact) mass is 535 g/mol. The normalized spacial score (nSPS) is 17.6. The highest BCUT2D eigenvalue weighted by molar-refractivity contribution is 7.10. The van der Waals surface area contributed by atoms with Crippen molar-refractivity contribution in [3.05, 3.63) is 75.9 Å². The van der Waals surface area contributed by atoms with Crippen LogP contribution in [0.15, 0.2) is 58.5 Å². The smallest absolute Gasteiger partial charge is 0.290 e. The van der Waals surface area contributed by atoms with Gasteiger partial charge in [-0.25, -0.2) is 0 Å². The lowest BCUT2D eigenvalue weighted by Crippen LogP contribution is -2.49. The maximum absolute atomic E-state index is 13.8. The minimum atomic E-state index is -0.242. The summed E-state index contributed by atoms with van der Waals surface area (Å²) in [5.41, 5.74) is 2.41. The molecule has 8 heteroatoms. The molecule has 2 aliphatic heterocycles. The molecule has 0 spiro atoms. The van der Waals surface area contributed by atoms with E-state index in [9.17, 15) is 9.59 Å². The predicted octanol–water partition coefficient (Wildman–Crippen LogP) is 5.21. The summed E-state index contributed by atoms with van der Waals surface area (Å²) in [6.45, 7) is 8.68. The molecule has 1 unspecified atom stereocenters. The van der Waals surface area contributed by atoms with Crippen molar-refractivity contribution in [3.63, 3.8) is 0 Å². The van der Waals surface area contributed by atoms with Crippen molar-refractivity contribution in [3.8, 4) is 5.75 Å². The largest absolute Gasteiger partial charge is 0.491 e. The second-order valence-electron chi connectivity index (χ2n) is 10.4. The number of ether oxygens (including phenoxy) is 1. The van der Waals surface area contributed by atoms with Crippen molar-refractivity contribution in [2.24, 2.45) is 0 Å². The van der Waals surface area contributed by atoms with Gasteiger partial charge in [-0.05, 0) is 85.1 Å². The highest BCUT2D eigenvalue weighted by Crippen LogP contribution is 2.34. The number of thiophene rings is 1. The fraction of sp³-hybridized carbons (Fsp3) is 0.467. The first-order valence-electron chi connectivity index (χ1n) is 13.6. The highest BCUT2D eigenvalue weighted by atomic mass is 32.1. The summed E-state index contributed by atoms with van der Waals surface area (Å²) >= 11 is 1.73. The molecule has 0 radical (unpaired) electrons. The van der Waals surface area contributed by atoms with Crippen LogP contribution in [0.1, 0.15) is 65.2 Å². The zero-order chi connectivity index (χ0) is 26.5. The topological polar surface area (TPSA) is 66.2 Å². The van der Waals surface area contributed by atoms with Crippen LogP contribution in [-0.4, -0.2) is 72.4 Å². The number of rotatable bonds is 10. The number of hydrogen-bond donors (Lipinski definition) is 0. The number of furan rings is 1. The average molecular weight is 536 g/mol. The van der Waals surface area contributed by atoms with Crippen LogP contribution >= 0.6 is 11.3 Å². The summed E-state index contributed by atoms with van der Waals surface area (Å²) in [4.78, 5) is 34.3. The molecule has 1 fully saturated rings. The Labute approximate surface area is 229 Å². The number of amides is 2. The Morgan fingerprint density at radius 2 is 1.89 bits per heavy atom. The number of carbonyl (C=O) groups excluding carboxylic acids is 2. The third kappa shape index (κ3) is 6.13. The summed E-state index contributed by atoms with van der Waals surface area (Å²) in [5.74, 6) is 1.22. The molecule has 202 valence electrons. The molecule has 0 aliphatic carbocycles. The van der Waals surface area contributed by atoms with Crippen LogP contribution in [0.3, 0.4) is 0 Å². The fourth-order valence-electron chi connectivity index (χ4n) is 5.33. The number of likely N-dealkylation sites (tertiary alicyclic amines) is 1. The van der Waals surface area contributed by atoms with Crippen molar-refractivity contribution in [2.45, 2.75) is 45.1 Å². The molecule has 1 aromatic carbocycles. The Bertz CT molecular complexity index is 1200. The first-order valence-corrected chi connectivity index (χ1v) is 14.5. The minimum Gasteiger partial charge on any atom is -0.491 e. The first-order chi connectivity index (χ1) is 18.5. The van der Waals surface area contributed by atoms with Gasteiger partial charge in [0.15, 0.2) is 5.76 Å². The molecule has 2 aliphatic rings. The van der Waals surface area contributed by atoms with Crippen molar-refractivity contribution < 1.29 is 18.7 Å². The number of fused-ring (bicyclic) bond motifs is 1. The summed E-state index contributed by atoms with van der Waals surface area (Å²) in [6.07, 6.45) is 4.68. The molecule has 38 heavy (non-hydrogen) atoms. The predicted molar refractivity (Wildman–Crippen MR) is 149 cm³/mol. The van der Waals surface area contributed by atoms with Gasteiger partial charge in [-0.3, -0.25) is 9.59 Å². The Morgan fingerprint density at radius 3 is 2.61 bits per heavy atom. The Morgan fingerprint density at radius 1 is 1.11 bits per heavy atom. The molecule has 1 saturated heterocycles. The van der Waals surface area contributed by atoms with E-state index in [1.165, 1.54) is 29.5 Å². The van der Waals surface area contributed by atoms with Gasteiger partial charge >= 0.3 is 0 Å². The molecule has 0 N–H and O–H groups in total. The van der Waals surface area contributed by atoms with Gasteiger partial charge in [0.2, 0.25) is 5.91 Å². The van der Waals surface area contributed by atoms with Gasteiger partial charge in [0.05, 0.1) is 12.3 Å². The van der Waals surface area contributed by atoms with Crippen molar-refractivity contribution in [2.75, 3.05) is 45.9 Å². The van der Waals surface area contributed by atoms with Gasteiger partial charge < -0.3 is 23.9 Å². The third-order valence-electron chi connectivity index (χ3n) is 7.60. The molecule has 4 heterocycles. The summed E-state index contributed by atoms with van der Waals surface area (Å²) < 4.78 is 11.6. The Kier molecular flexibility index (Phi) is 8.49. The van der Waals surface area contributed by atoms with Gasteiger partial charge in [0.1, 0.15) is 18.9 Å². The van der Waals surface area contributed by atoms with Gasteiger partial charge in [-0.15, -0.1) is 11.3 Å². The van der Waals surface area contributed by atoms with E-state index in [1.807, 2.05) is 17.0 Å². The SMILES string of the molecule is CC(C)c1ccc(OCC2c3ccsc3CCN2C(=O)CN(CCN2CCCC2)C(=O)c2ccco2)cc1. The van der Waals surface area contributed by atoms with Gasteiger partial charge in [-0.1, -0.05) is 26.0 Å². The molecular weight excluding hydrogens is 498 g/mol. The van der Waals surface area contributed by atoms with E-state index in [0.29, 0.717) is 25.6 Å². The average Bonchev–Trinajstić information content (AvgIpc) is 3.72. The number of nitrogens with zero attached hydrogens (tertiary/aromatic N) is 3. The summed E-state index contributed by atoms with van der Waals surface area (Å²) in [6, 6.07) is 13.5. The second kappa shape index (κ2) is 12.2. The van der Waals surface area contributed by atoms with E-state index in [1.54, 1.807) is 28.4 Å². The molecule has 3 aromatic rings. The van der Waals surface area contributed by atoms with E-state index in [2.05, 4.69) is 42.3 Å². The zero-order valence-corrected chi connectivity index (χ0v) is 23.1. The quantitative estimate of drug-likeness (QED) is 0.357. The Balaban J connectivity index is 1.30. The van der Waals surface area contributed by atoms with Gasteiger partial charge in [0, 0.05) is 24.5 Å². The van der Waals surface area contributed by atoms with Crippen LogP contribution in [0.25, 0.3) is 0 Å². The van der Waals surface area contributed by atoms with E-state index in [-0.39, 0.29) is 30.2 Å². The highest BCUT2D eigenvalue weighted by Gasteiger charge is 2.34. The number of benzene rings is 1. The molecule has 7 nitrogen and oxygen atoms in total. The van der Waals surface area contributed by atoms with E-state index in [4.69, 9.17) is 9.15 Å². The van der Waals surface area contributed by atoms with Gasteiger partial charge in [-0.2, -0.15) is 0 Å². The summed E-state index contributed by atoms with van der Waals surface area (Å²) in [5, 5.41) is 2.09. The van der Waals surface area contributed by atoms with Crippen LogP contribution in [0.4, 0.5) is 0 Å². The van der Waals surface area contributed by atoms with Crippen LogP contribution in [0.5, 0.6) is 5.75 Å². The van der Waals surface area contributed by atoms with Crippen LogP contribution in [0.2, 0.25) is 0 Å². The third-order valence-corrected chi connectivity index (χ3v) is 8.60. The first kappa shape index (κ1) is 26.5. The number of hydrogen-bond acceptors (Lipinski definition) is 6. The van der Waals surface area contributed by atoms with Crippen molar-refractivity contribution in [1.29, 1.82) is 0 Å². The lowest BCUT2D eigenvalue weighted by molar-refractivity contribution is -0.135. The lowest BCUT2D eigenvalue weighted by atomic mass is 10.00. The van der Waals surface area contributed by atoms with Crippen LogP contribution < -0.4 is 4.74 Å². The lowest BCUT2D eigenvalue weighted by Gasteiger charge is -2.37. The summed E-state index contributed by atoms with van der Waals surface area (Å²) in [7, 11) is 0.